The number of nitrogens with one attached hydrogen (secondary N) is 2. The number of hydrogen-bond donors (Lipinski definition) is 2. The van der Waals surface area contributed by atoms with E-state index >= 15 is 0 Å². The molecule has 1 saturated heterocycles. The van der Waals surface area contributed by atoms with Crippen LogP contribution >= 0.6 is 11.3 Å². The van der Waals surface area contributed by atoms with Gasteiger partial charge in [0.15, 0.2) is 5.13 Å². The number of sulfonamides is 1. The van der Waals surface area contributed by atoms with Crippen LogP contribution in [-0.2, 0) is 14.8 Å². The van der Waals surface area contributed by atoms with Crippen molar-refractivity contribution < 1.29 is 18.0 Å². The van der Waals surface area contributed by atoms with Gasteiger partial charge >= 0.3 is 0 Å². The summed E-state index contributed by atoms with van der Waals surface area (Å²) in [6, 6.07) is 13.3. The van der Waals surface area contributed by atoms with Crippen molar-refractivity contribution in [3.05, 3.63) is 59.5 Å². The molecule has 1 aliphatic heterocycles. The number of carbonyl (C=O) groups excluding carboxylic acids is 2. The minimum atomic E-state index is -3.51. The van der Waals surface area contributed by atoms with Crippen LogP contribution < -0.4 is 10.6 Å². The molecule has 172 valence electrons. The molecule has 2 heterocycles. The number of hydrogen-bond acceptors (Lipinski definition) is 6. The predicted octanol–water partition coefficient (Wildman–Crippen LogP) is 4.20. The zero-order valence-corrected chi connectivity index (χ0v) is 19.7. The lowest BCUT2D eigenvalue weighted by Gasteiger charge is -2.15. The van der Waals surface area contributed by atoms with Crippen molar-refractivity contribution in [2.45, 2.75) is 31.1 Å². The number of benzene rings is 2. The van der Waals surface area contributed by atoms with Crippen molar-refractivity contribution in [3.8, 4) is 11.3 Å². The fourth-order valence-electron chi connectivity index (χ4n) is 3.46. The van der Waals surface area contributed by atoms with E-state index in [1.165, 1.54) is 39.9 Å². The number of aromatic nitrogens is 1. The molecule has 0 radical (unpaired) electrons. The van der Waals surface area contributed by atoms with Crippen LogP contribution in [0.1, 0.15) is 36.5 Å². The molecule has 1 fully saturated rings. The molecule has 2 N–H and O–H groups in total. The van der Waals surface area contributed by atoms with E-state index in [2.05, 4.69) is 15.6 Å². The fraction of sp³-hybridized carbons (Fsp3) is 0.261. The number of amides is 2. The van der Waals surface area contributed by atoms with E-state index in [4.69, 9.17) is 0 Å². The Hall–Kier alpha value is -3.08. The van der Waals surface area contributed by atoms with E-state index in [1.807, 2.05) is 17.5 Å². The van der Waals surface area contributed by atoms with Crippen LogP contribution in [0.5, 0.6) is 0 Å². The summed E-state index contributed by atoms with van der Waals surface area (Å²) in [6.45, 7) is 2.86. The first-order chi connectivity index (χ1) is 15.9. The lowest BCUT2D eigenvalue weighted by molar-refractivity contribution is -0.115. The van der Waals surface area contributed by atoms with Crippen molar-refractivity contribution >= 4 is 44.0 Å². The quantitative estimate of drug-likeness (QED) is 0.523. The molecule has 2 amide bonds. The molecule has 0 atom stereocenters. The van der Waals surface area contributed by atoms with Crippen LogP contribution in [0.3, 0.4) is 0 Å². The summed E-state index contributed by atoms with van der Waals surface area (Å²) in [5.41, 5.74) is 2.63. The van der Waals surface area contributed by atoms with Gasteiger partial charge in [-0.15, -0.1) is 11.3 Å². The van der Waals surface area contributed by atoms with Crippen LogP contribution in [-0.4, -0.2) is 42.6 Å². The predicted molar refractivity (Wildman–Crippen MR) is 129 cm³/mol. The van der Waals surface area contributed by atoms with Gasteiger partial charge in [0, 0.05) is 41.7 Å². The van der Waals surface area contributed by atoms with Crippen molar-refractivity contribution in [1.29, 1.82) is 0 Å². The molecule has 0 unspecified atom stereocenters. The number of anilines is 2. The van der Waals surface area contributed by atoms with Crippen molar-refractivity contribution in [2.24, 2.45) is 0 Å². The Labute approximate surface area is 196 Å². The van der Waals surface area contributed by atoms with Gasteiger partial charge in [0.1, 0.15) is 0 Å². The fourth-order valence-corrected chi connectivity index (χ4v) is 5.69. The molecule has 0 bridgehead atoms. The molecule has 1 aliphatic rings. The molecular formula is C23H24N4O4S2. The second-order valence-corrected chi connectivity index (χ2v) is 10.4. The maximum atomic E-state index is 12.6. The van der Waals surface area contributed by atoms with Crippen LogP contribution in [0.15, 0.2) is 58.8 Å². The first-order valence-corrected chi connectivity index (χ1v) is 13.0. The maximum absolute atomic E-state index is 12.6. The number of carbonyl (C=O) groups is 2. The smallest absolute Gasteiger partial charge is 0.257 e. The van der Waals surface area contributed by atoms with Gasteiger partial charge in [0.25, 0.3) is 5.91 Å². The summed E-state index contributed by atoms with van der Waals surface area (Å²) in [6.07, 6.45) is 2.15. The monoisotopic (exact) mass is 484 g/mol. The first kappa shape index (κ1) is 23.1. The summed E-state index contributed by atoms with van der Waals surface area (Å²) in [5, 5.41) is 7.82. The third-order valence-corrected chi connectivity index (χ3v) is 8.00. The third kappa shape index (κ3) is 5.29. The molecule has 2 aromatic carbocycles. The minimum Gasteiger partial charge on any atom is -0.326 e. The molecule has 4 rings (SSSR count). The van der Waals surface area contributed by atoms with Gasteiger partial charge in [-0.05, 0) is 49.2 Å². The highest BCUT2D eigenvalue weighted by atomic mass is 32.2. The first-order valence-electron chi connectivity index (χ1n) is 10.6. The van der Waals surface area contributed by atoms with Gasteiger partial charge in [0.05, 0.1) is 10.6 Å². The summed E-state index contributed by atoms with van der Waals surface area (Å²) in [5.74, 6) is -0.415. The Kier molecular flexibility index (Phi) is 6.87. The zero-order chi connectivity index (χ0) is 23.4. The average Bonchev–Trinajstić information content (AvgIpc) is 3.52. The largest absolute Gasteiger partial charge is 0.326 e. The summed E-state index contributed by atoms with van der Waals surface area (Å²) in [4.78, 5) is 28.8. The van der Waals surface area contributed by atoms with Crippen molar-refractivity contribution in [1.82, 2.24) is 9.29 Å². The van der Waals surface area contributed by atoms with Gasteiger partial charge in [-0.1, -0.05) is 19.1 Å². The van der Waals surface area contributed by atoms with Crippen LogP contribution in [0.2, 0.25) is 0 Å². The van der Waals surface area contributed by atoms with E-state index in [0.29, 0.717) is 41.6 Å². The second kappa shape index (κ2) is 9.82. The van der Waals surface area contributed by atoms with Crippen LogP contribution in [0.4, 0.5) is 10.8 Å². The summed E-state index contributed by atoms with van der Waals surface area (Å²) < 4.78 is 26.7. The van der Waals surface area contributed by atoms with Gasteiger partial charge in [-0.3, -0.25) is 14.9 Å². The lowest BCUT2D eigenvalue weighted by atomic mass is 10.1. The van der Waals surface area contributed by atoms with E-state index < -0.39 is 10.0 Å². The van der Waals surface area contributed by atoms with E-state index in [9.17, 15) is 18.0 Å². The molecule has 0 saturated carbocycles. The summed E-state index contributed by atoms with van der Waals surface area (Å²) >= 11 is 1.29. The summed E-state index contributed by atoms with van der Waals surface area (Å²) in [7, 11) is -3.51. The number of nitrogens with zero attached hydrogens (tertiary/aromatic N) is 2. The molecule has 1 aromatic heterocycles. The van der Waals surface area contributed by atoms with E-state index in [-0.39, 0.29) is 16.7 Å². The molecule has 10 heteroatoms. The minimum absolute atomic E-state index is 0.0527. The Morgan fingerprint density at radius 3 is 2.30 bits per heavy atom. The lowest BCUT2D eigenvalue weighted by Crippen LogP contribution is -2.27. The number of rotatable bonds is 7. The van der Waals surface area contributed by atoms with E-state index in [0.717, 1.165) is 18.4 Å². The highest BCUT2D eigenvalue weighted by molar-refractivity contribution is 7.89. The highest BCUT2D eigenvalue weighted by Crippen LogP contribution is 2.27. The average molecular weight is 485 g/mol. The molecule has 0 aliphatic carbocycles. The SMILES string of the molecule is CCC(=O)Nc1ccc(-c2csc(NC(=O)c3ccc(S(=O)(=O)N4CCCC4)cc3)n2)cc1. The molecule has 8 nitrogen and oxygen atoms in total. The highest BCUT2D eigenvalue weighted by Gasteiger charge is 2.27. The Balaban J connectivity index is 1.41. The van der Waals surface area contributed by atoms with Crippen molar-refractivity contribution in [2.75, 3.05) is 23.7 Å². The molecule has 3 aromatic rings. The Bertz CT molecular complexity index is 1250. The maximum Gasteiger partial charge on any atom is 0.257 e. The van der Waals surface area contributed by atoms with Gasteiger partial charge < -0.3 is 5.32 Å². The Morgan fingerprint density at radius 2 is 1.67 bits per heavy atom. The van der Waals surface area contributed by atoms with Crippen molar-refractivity contribution in [3.63, 3.8) is 0 Å². The topological polar surface area (TPSA) is 108 Å². The molecule has 0 spiro atoms. The van der Waals surface area contributed by atoms with Crippen LogP contribution in [0.25, 0.3) is 11.3 Å². The standard InChI is InChI=1S/C23H24N4O4S2/c1-2-21(28)24-18-9-5-16(6-10-18)20-15-32-23(25-20)26-22(29)17-7-11-19(12-8-17)33(30,31)27-13-3-4-14-27/h5-12,15H,2-4,13-14H2,1H3,(H,24,28)(H,25,26,29). The van der Waals surface area contributed by atoms with Crippen LogP contribution in [0, 0.1) is 0 Å². The van der Waals surface area contributed by atoms with Gasteiger partial charge in [-0.25, -0.2) is 13.4 Å². The third-order valence-electron chi connectivity index (χ3n) is 5.33. The van der Waals surface area contributed by atoms with E-state index in [1.54, 1.807) is 19.1 Å². The zero-order valence-electron chi connectivity index (χ0n) is 18.1. The molecule has 33 heavy (non-hydrogen) atoms. The Morgan fingerprint density at radius 1 is 1.00 bits per heavy atom. The van der Waals surface area contributed by atoms with Gasteiger partial charge in [-0.2, -0.15) is 4.31 Å². The number of thiazole rings is 1. The second-order valence-electron chi connectivity index (χ2n) is 7.61. The molecular weight excluding hydrogens is 460 g/mol. The van der Waals surface area contributed by atoms with Gasteiger partial charge in [0.2, 0.25) is 15.9 Å². The normalized spacial score (nSPS) is 14.2.